The average Bonchev–Trinajstić information content (AvgIpc) is 3.55. The Labute approximate surface area is 228 Å². The molecule has 38 heavy (non-hydrogen) atoms. The number of nitrogens with zero attached hydrogens (tertiary/aromatic N) is 1. The van der Waals surface area contributed by atoms with E-state index in [9.17, 15) is 4.79 Å². The zero-order valence-electron chi connectivity index (χ0n) is 23.8. The molecular weight excluding hydrogens is 474 g/mol. The number of hydrogen-bond donors (Lipinski definition) is 2. The van der Waals surface area contributed by atoms with Crippen LogP contribution in [-0.4, -0.2) is 39.1 Å². The van der Waals surface area contributed by atoms with Crippen molar-refractivity contribution >= 4 is 30.9 Å². The van der Waals surface area contributed by atoms with Gasteiger partial charge >= 0.3 is 0 Å². The lowest BCUT2D eigenvalue weighted by molar-refractivity contribution is -0.117. The highest BCUT2D eigenvalue weighted by atomic mass is 16.2. The third-order valence-electron chi connectivity index (χ3n) is 8.32. The lowest BCUT2D eigenvalue weighted by atomic mass is 9.89. The highest BCUT2D eigenvalue weighted by molar-refractivity contribution is 6.03. The predicted molar refractivity (Wildman–Crippen MR) is 158 cm³/mol. The van der Waals surface area contributed by atoms with Crippen LogP contribution in [0, 0.1) is 45.4 Å². The van der Waals surface area contributed by atoms with Gasteiger partial charge in [0.25, 0.3) is 0 Å². The zero-order chi connectivity index (χ0) is 28.4. The highest BCUT2D eigenvalue weighted by Gasteiger charge is 2.39. The fourth-order valence-electron chi connectivity index (χ4n) is 6.14. The van der Waals surface area contributed by atoms with Crippen molar-refractivity contribution in [1.82, 2.24) is 5.32 Å². The van der Waals surface area contributed by atoms with Crippen LogP contribution in [0.5, 0.6) is 0 Å². The van der Waals surface area contributed by atoms with Crippen LogP contribution in [0.25, 0.3) is 0 Å². The molecule has 2 bridgehead atoms. The highest BCUT2D eigenvalue weighted by Crippen LogP contribution is 2.48. The molecule has 1 aliphatic heterocycles. The Morgan fingerprint density at radius 3 is 2.21 bits per heavy atom. The summed E-state index contributed by atoms with van der Waals surface area (Å²) < 4.78 is 0. The van der Waals surface area contributed by atoms with Gasteiger partial charge in [0, 0.05) is 25.7 Å². The van der Waals surface area contributed by atoms with Crippen molar-refractivity contribution in [2.24, 2.45) is 17.8 Å². The molecule has 3 aliphatic rings. The first kappa shape index (κ1) is 30.8. The molecule has 2 aliphatic carbocycles. The van der Waals surface area contributed by atoms with Gasteiger partial charge in [-0.2, -0.15) is 0 Å². The molecule has 2 aromatic rings. The molecule has 0 spiro atoms. The molecule has 6 heteroatoms. The molecule has 1 heterocycles. The van der Waals surface area contributed by atoms with Crippen molar-refractivity contribution in [2.75, 3.05) is 23.8 Å². The van der Waals surface area contributed by atoms with E-state index >= 15 is 0 Å². The Bertz CT molecular complexity index is 1070. The minimum absolute atomic E-state index is 0.0547. The van der Waals surface area contributed by atoms with E-state index in [0.717, 1.165) is 41.4 Å². The fraction of sp³-hybridized carbons (Fsp3) is 0.469. The molecule has 6 nitrogen and oxygen atoms in total. The monoisotopic (exact) mass is 519 g/mol. The molecule has 4 unspecified atom stereocenters. The molecule has 2 N–H and O–H groups in total. The van der Waals surface area contributed by atoms with E-state index in [-0.39, 0.29) is 11.9 Å². The Balaban J connectivity index is 0.000000304. The number of fused-ring (bicyclic) bond motifs is 3. The van der Waals surface area contributed by atoms with Gasteiger partial charge in [0.15, 0.2) is 0 Å². The molecule has 206 valence electrons. The van der Waals surface area contributed by atoms with Crippen LogP contribution < -0.4 is 15.5 Å². The van der Waals surface area contributed by atoms with E-state index in [1.165, 1.54) is 47.9 Å². The smallest absolute Gasteiger partial charge is 0.247 e. The molecule has 0 radical (unpaired) electrons. The second-order valence-corrected chi connectivity index (χ2v) is 10.8. The van der Waals surface area contributed by atoms with E-state index < -0.39 is 0 Å². The summed E-state index contributed by atoms with van der Waals surface area (Å²) in [5.74, 6) is 2.75. The van der Waals surface area contributed by atoms with Gasteiger partial charge in [0.1, 0.15) is 19.6 Å². The molecule has 2 saturated carbocycles. The first-order valence-electron chi connectivity index (χ1n) is 13.4. The molecule has 5 rings (SSSR count). The van der Waals surface area contributed by atoms with Crippen LogP contribution in [0.2, 0.25) is 0 Å². The minimum Gasteiger partial charge on any atom is -0.388 e. The SMILES string of the molecule is C=C(CC1C(=O)Nc2ccccc2N1C)NCC1CC2CCC1C2.C=O.C=O.Cc1cc(C)c(C)c(C)c1. The van der Waals surface area contributed by atoms with Gasteiger partial charge < -0.3 is 25.1 Å². The summed E-state index contributed by atoms with van der Waals surface area (Å²) in [5.41, 5.74) is 8.52. The molecule has 0 saturated heterocycles. The van der Waals surface area contributed by atoms with Crippen LogP contribution in [0.1, 0.15) is 54.4 Å². The number of benzene rings is 2. The van der Waals surface area contributed by atoms with Gasteiger partial charge in [-0.3, -0.25) is 4.79 Å². The molecule has 2 fully saturated rings. The van der Waals surface area contributed by atoms with E-state index in [1.807, 2.05) is 44.9 Å². The van der Waals surface area contributed by atoms with Gasteiger partial charge in [-0.05, 0) is 93.5 Å². The molecule has 2 aromatic carbocycles. The second kappa shape index (κ2) is 14.5. The van der Waals surface area contributed by atoms with Crippen LogP contribution in [0.4, 0.5) is 11.4 Å². The largest absolute Gasteiger partial charge is 0.388 e. The van der Waals surface area contributed by atoms with Crippen LogP contribution in [0.3, 0.4) is 0 Å². The summed E-state index contributed by atoms with van der Waals surface area (Å²) in [6.45, 7) is 17.8. The zero-order valence-corrected chi connectivity index (χ0v) is 23.8. The number of likely N-dealkylation sites (N-methyl/N-ethyl adjacent to an activating group) is 1. The average molecular weight is 520 g/mol. The molecule has 1 amide bonds. The van der Waals surface area contributed by atoms with Crippen molar-refractivity contribution < 1.29 is 14.4 Å². The standard InChI is InChI=1S/C20H27N3O.C10H14.2CH2O/c1-13(21-12-16-11-14-7-8-15(16)10-14)9-19-20(24)22-17-5-3-4-6-18(17)23(19)2;1-7-5-8(2)10(4)9(3)6-7;2*1-2/h3-6,14-16,19,21H,1,7-12H2,2H3,(H,22,24);5-6H,1-4H3;2*1H2. The Hall–Kier alpha value is -3.41. The number of nitrogens with one attached hydrogen (secondary N) is 2. The van der Waals surface area contributed by atoms with Crippen LogP contribution >= 0.6 is 0 Å². The van der Waals surface area contributed by atoms with Crippen molar-refractivity contribution in [3.8, 4) is 0 Å². The van der Waals surface area contributed by atoms with E-state index in [1.54, 1.807) is 0 Å². The Kier molecular flexibility index (Phi) is 11.8. The normalized spacial score (nSPS) is 22.3. The summed E-state index contributed by atoms with van der Waals surface area (Å²) in [5, 5.41) is 6.54. The van der Waals surface area contributed by atoms with Crippen LogP contribution in [0.15, 0.2) is 48.7 Å². The third kappa shape index (κ3) is 7.56. The predicted octanol–water partition coefficient (Wildman–Crippen LogP) is 5.92. The quantitative estimate of drug-likeness (QED) is 0.512. The molecular formula is C32H45N3O3. The summed E-state index contributed by atoms with van der Waals surface area (Å²) >= 11 is 0. The van der Waals surface area contributed by atoms with Crippen molar-refractivity contribution in [3.05, 3.63) is 70.9 Å². The maximum Gasteiger partial charge on any atom is 0.247 e. The molecule has 0 aromatic heterocycles. The van der Waals surface area contributed by atoms with Crippen molar-refractivity contribution in [3.63, 3.8) is 0 Å². The fourth-order valence-corrected chi connectivity index (χ4v) is 6.14. The first-order valence-corrected chi connectivity index (χ1v) is 13.4. The first-order chi connectivity index (χ1) is 18.2. The van der Waals surface area contributed by atoms with E-state index in [0.29, 0.717) is 6.42 Å². The van der Waals surface area contributed by atoms with E-state index in [2.05, 4.69) is 61.9 Å². The van der Waals surface area contributed by atoms with Gasteiger partial charge in [0.05, 0.1) is 11.4 Å². The van der Waals surface area contributed by atoms with Crippen LogP contribution in [-0.2, 0) is 14.4 Å². The summed E-state index contributed by atoms with van der Waals surface area (Å²) in [4.78, 5) is 30.5. The minimum atomic E-state index is -0.195. The van der Waals surface area contributed by atoms with Gasteiger partial charge in [-0.25, -0.2) is 0 Å². The number of anilines is 2. The number of para-hydroxylation sites is 2. The Morgan fingerprint density at radius 2 is 1.63 bits per heavy atom. The summed E-state index contributed by atoms with van der Waals surface area (Å²) in [6, 6.07) is 12.2. The number of hydrogen-bond acceptors (Lipinski definition) is 5. The topological polar surface area (TPSA) is 78.5 Å². The lowest BCUT2D eigenvalue weighted by Gasteiger charge is -2.35. The van der Waals surface area contributed by atoms with Crippen molar-refractivity contribution in [1.29, 1.82) is 0 Å². The maximum atomic E-state index is 12.4. The number of rotatable bonds is 5. The van der Waals surface area contributed by atoms with Gasteiger partial charge in [-0.15, -0.1) is 0 Å². The van der Waals surface area contributed by atoms with E-state index in [4.69, 9.17) is 9.59 Å². The Morgan fingerprint density at radius 1 is 1.00 bits per heavy atom. The van der Waals surface area contributed by atoms with Gasteiger partial charge in [-0.1, -0.05) is 42.8 Å². The van der Waals surface area contributed by atoms with Gasteiger partial charge in [0.2, 0.25) is 5.91 Å². The maximum absolute atomic E-state index is 12.4. The third-order valence-corrected chi connectivity index (χ3v) is 8.32. The second-order valence-electron chi connectivity index (χ2n) is 10.8. The number of aryl methyl sites for hydroxylation is 3. The number of amides is 1. The number of carbonyl (C=O) groups excluding carboxylic acids is 3. The van der Waals surface area contributed by atoms with Crippen molar-refractivity contribution in [2.45, 2.75) is 65.8 Å². The summed E-state index contributed by atoms with van der Waals surface area (Å²) in [7, 11) is 1.99. The number of carbonyl (C=O) groups is 3. The summed E-state index contributed by atoms with van der Waals surface area (Å²) in [6.07, 6.45) is 6.31. The molecule has 4 atom stereocenters. The lowest BCUT2D eigenvalue weighted by Crippen LogP contribution is -2.47.